The van der Waals surface area contributed by atoms with Gasteiger partial charge in [0.05, 0.1) is 17.4 Å². The highest BCUT2D eigenvalue weighted by atomic mass is 16.5. The maximum absolute atomic E-state index is 13.9. The third kappa shape index (κ3) is 2.61. The summed E-state index contributed by atoms with van der Waals surface area (Å²) in [5.74, 6) is -0.680. The highest BCUT2D eigenvalue weighted by Gasteiger charge is 2.65. The van der Waals surface area contributed by atoms with Crippen LogP contribution in [-0.4, -0.2) is 34.4 Å². The van der Waals surface area contributed by atoms with Gasteiger partial charge in [-0.25, -0.2) is 0 Å². The van der Waals surface area contributed by atoms with E-state index in [1.807, 2.05) is 61.5 Å². The lowest BCUT2D eigenvalue weighted by Crippen LogP contribution is -2.45. The van der Waals surface area contributed by atoms with Crippen molar-refractivity contribution in [1.29, 1.82) is 0 Å². The average Bonchev–Trinajstić information content (AvgIpc) is 3.09. The third-order valence-corrected chi connectivity index (χ3v) is 6.23. The number of aliphatic hydroxyl groups excluding tert-OH is 1. The Morgan fingerprint density at radius 3 is 2.39 bits per heavy atom. The largest absolute Gasteiger partial charge is 0.396 e. The average molecular weight is 381 g/mol. The SMILES string of the molecule is C[C@@H]1[C@@H](C(C)(C)O)[C@H](CCO)O[C@@]12C(=O)N(c1ccccc1)c1ccccc12. The minimum Gasteiger partial charge on any atom is -0.396 e. The first-order valence-electron chi connectivity index (χ1n) is 9.82. The maximum Gasteiger partial charge on any atom is 0.268 e. The zero-order valence-electron chi connectivity index (χ0n) is 16.5. The third-order valence-electron chi connectivity index (χ3n) is 6.23. The Hall–Kier alpha value is -2.21. The van der Waals surface area contributed by atoms with Crippen LogP contribution in [0.25, 0.3) is 0 Å². The van der Waals surface area contributed by atoms with E-state index in [0.717, 1.165) is 16.9 Å². The van der Waals surface area contributed by atoms with Crippen molar-refractivity contribution in [2.75, 3.05) is 11.5 Å². The van der Waals surface area contributed by atoms with E-state index in [4.69, 9.17) is 4.74 Å². The van der Waals surface area contributed by atoms with Crippen LogP contribution in [0.1, 0.15) is 32.8 Å². The van der Waals surface area contributed by atoms with E-state index in [1.165, 1.54) is 0 Å². The number of hydrogen-bond acceptors (Lipinski definition) is 4. The number of hydrogen-bond donors (Lipinski definition) is 2. The van der Waals surface area contributed by atoms with Gasteiger partial charge in [-0.3, -0.25) is 9.69 Å². The molecule has 0 radical (unpaired) electrons. The standard InChI is InChI=1S/C23H27NO4/c1-15-20(22(2,3)27)19(13-14-25)28-23(15)17-11-7-8-12-18(17)24(21(23)26)16-9-5-4-6-10-16/h4-12,15,19-20,25,27H,13-14H2,1-3H3/t15-,19+,20-,23+/m1/s1. The quantitative estimate of drug-likeness (QED) is 0.852. The molecule has 2 heterocycles. The highest BCUT2D eigenvalue weighted by Crippen LogP contribution is 2.58. The van der Waals surface area contributed by atoms with Crippen molar-refractivity contribution in [3.63, 3.8) is 0 Å². The Labute approximate surface area is 165 Å². The van der Waals surface area contributed by atoms with Crippen molar-refractivity contribution >= 4 is 17.3 Å². The fourth-order valence-corrected chi connectivity index (χ4v) is 5.19. The van der Waals surface area contributed by atoms with E-state index in [1.54, 1.807) is 18.7 Å². The minimum absolute atomic E-state index is 0.0573. The molecule has 2 aromatic carbocycles. The molecular formula is C23H27NO4. The van der Waals surface area contributed by atoms with Gasteiger partial charge in [0.1, 0.15) is 0 Å². The number of carbonyl (C=O) groups excluding carboxylic acids is 1. The molecule has 1 spiro atoms. The van der Waals surface area contributed by atoms with Crippen LogP contribution in [0.5, 0.6) is 0 Å². The summed E-state index contributed by atoms with van der Waals surface area (Å²) in [4.78, 5) is 15.6. The maximum atomic E-state index is 13.9. The highest BCUT2D eigenvalue weighted by molar-refractivity contribution is 6.12. The first kappa shape index (κ1) is 19.1. The van der Waals surface area contributed by atoms with Crippen LogP contribution in [-0.2, 0) is 15.1 Å². The number of carbonyl (C=O) groups is 1. The molecule has 2 aliphatic rings. The summed E-state index contributed by atoms with van der Waals surface area (Å²) in [5.41, 5.74) is 0.212. The lowest BCUT2D eigenvalue weighted by Gasteiger charge is -2.34. The smallest absolute Gasteiger partial charge is 0.268 e. The number of aliphatic hydroxyl groups is 2. The Balaban J connectivity index is 1.89. The van der Waals surface area contributed by atoms with E-state index in [0.29, 0.717) is 6.42 Å². The van der Waals surface area contributed by atoms with Crippen LogP contribution in [0.2, 0.25) is 0 Å². The molecule has 2 aromatic rings. The van der Waals surface area contributed by atoms with Gasteiger partial charge in [-0.15, -0.1) is 0 Å². The van der Waals surface area contributed by atoms with E-state index in [-0.39, 0.29) is 24.3 Å². The normalized spacial score (nSPS) is 29.5. The molecule has 0 aliphatic carbocycles. The van der Waals surface area contributed by atoms with Crippen molar-refractivity contribution in [1.82, 2.24) is 0 Å². The molecule has 4 rings (SSSR count). The van der Waals surface area contributed by atoms with Crippen molar-refractivity contribution < 1.29 is 19.7 Å². The Bertz CT molecular complexity index is 876. The fraction of sp³-hybridized carbons (Fsp3) is 0.435. The minimum atomic E-state index is -1.17. The van der Waals surface area contributed by atoms with Gasteiger partial charge < -0.3 is 14.9 Å². The molecule has 4 atom stereocenters. The summed E-state index contributed by atoms with van der Waals surface area (Å²) < 4.78 is 6.48. The second-order valence-corrected chi connectivity index (χ2v) is 8.37. The van der Waals surface area contributed by atoms with E-state index < -0.39 is 17.3 Å². The molecule has 0 aromatic heterocycles. The predicted molar refractivity (Wildman–Crippen MR) is 107 cm³/mol. The van der Waals surface area contributed by atoms with Crippen LogP contribution >= 0.6 is 0 Å². The molecule has 1 amide bonds. The van der Waals surface area contributed by atoms with E-state index in [2.05, 4.69) is 0 Å². The Morgan fingerprint density at radius 2 is 1.75 bits per heavy atom. The summed E-state index contributed by atoms with van der Waals surface area (Å²) in [6, 6.07) is 17.3. The molecule has 28 heavy (non-hydrogen) atoms. The number of ether oxygens (including phenoxy) is 1. The Kier molecular flexibility index (Phi) is 4.57. The molecule has 1 fully saturated rings. The van der Waals surface area contributed by atoms with Gasteiger partial charge in [0, 0.05) is 29.7 Å². The number of para-hydroxylation sites is 2. The predicted octanol–water partition coefficient (Wildman–Crippen LogP) is 3.36. The summed E-state index contributed by atoms with van der Waals surface area (Å²) >= 11 is 0. The molecule has 1 saturated heterocycles. The summed E-state index contributed by atoms with van der Waals surface area (Å²) in [6.45, 7) is 5.42. The van der Waals surface area contributed by atoms with Gasteiger partial charge in [-0.2, -0.15) is 0 Å². The zero-order valence-corrected chi connectivity index (χ0v) is 16.5. The molecular weight excluding hydrogens is 354 g/mol. The van der Waals surface area contributed by atoms with Crippen LogP contribution in [0.4, 0.5) is 11.4 Å². The number of benzene rings is 2. The van der Waals surface area contributed by atoms with Gasteiger partial charge in [0.15, 0.2) is 5.60 Å². The van der Waals surface area contributed by atoms with Crippen molar-refractivity contribution in [3.8, 4) is 0 Å². The lowest BCUT2D eigenvalue weighted by atomic mass is 9.71. The second-order valence-electron chi connectivity index (χ2n) is 8.37. The first-order valence-corrected chi connectivity index (χ1v) is 9.82. The van der Waals surface area contributed by atoms with Gasteiger partial charge in [0.25, 0.3) is 5.91 Å². The van der Waals surface area contributed by atoms with Crippen LogP contribution in [0.15, 0.2) is 54.6 Å². The second kappa shape index (κ2) is 6.69. The number of fused-ring (bicyclic) bond motifs is 2. The summed E-state index contributed by atoms with van der Waals surface area (Å²) in [5, 5.41) is 20.4. The van der Waals surface area contributed by atoms with Gasteiger partial charge in [-0.05, 0) is 38.5 Å². The molecule has 0 saturated carbocycles. The van der Waals surface area contributed by atoms with Crippen LogP contribution < -0.4 is 4.90 Å². The van der Waals surface area contributed by atoms with Crippen molar-refractivity contribution in [3.05, 3.63) is 60.2 Å². The molecule has 0 bridgehead atoms. The molecule has 2 N–H and O–H groups in total. The molecule has 0 unspecified atom stereocenters. The number of rotatable bonds is 4. The Morgan fingerprint density at radius 1 is 1.11 bits per heavy atom. The topological polar surface area (TPSA) is 70.0 Å². The lowest BCUT2D eigenvalue weighted by molar-refractivity contribution is -0.145. The summed E-state index contributed by atoms with van der Waals surface area (Å²) in [6.07, 6.45) is -0.0330. The number of amides is 1. The number of nitrogens with zero attached hydrogens (tertiary/aromatic N) is 1. The molecule has 5 nitrogen and oxygen atoms in total. The van der Waals surface area contributed by atoms with Gasteiger partial charge in [0.2, 0.25) is 0 Å². The van der Waals surface area contributed by atoms with Gasteiger partial charge in [-0.1, -0.05) is 43.3 Å². The monoisotopic (exact) mass is 381 g/mol. The fourth-order valence-electron chi connectivity index (χ4n) is 5.19. The van der Waals surface area contributed by atoms with E-state index in [9.17, 15) is 15.0 Å². The zero-order chi connectivity index (χ0) is 20.1. The molecule has 5 heteroatoms. The van der Waals surface area contributed by atoms with Crippen LogP contribution in [0.3, 0.4) is 0 Å². The van der Waals surface area contributed by atoms with Crippen molar-refractivity contribution in [2.45, 2.75) is 44.5 Å². The summed E-state index contributed by atoms with van der Waals surface area (Å²) in [7, 11) is 0. The molecule has 148 valence electrons. The van der Waals surface area contributed by atoms with Crippen LogP contribution in [0, 0.1) is 11.8 Å². The number of anilines is 2. The van der Waals surface area contributed by atoms with Gasteiger partial charge >= 0.3 is 0 Å². The van der Waals surface area contributed by atoms with E-state index >= 15 is 0 Å². The van der Waals surface area contributed by atoms with Crippen molar-refractivity contribution in [2.24, 2.45) is 11.8 Å². The molecule has 2 aliphatic heterocycles. The first-order chi connectivity index (χ1) is 13.3.